The van der Waals surface area contributed by atoms with Gasteiger partial charge in [0.1, 0.15) is 0 Å². The lowest BCUT2D eigenvalue weighted by molar-refractivity contribution is -0.145. The van der Waals surface area contributed by atoms with Crippen molar-refractivity contribution in [2.75, 3.05) is 26.2 Å². The molecular weight excluding hydrogens is 328 g/mol. The molecule has 1 amide bonds. The van der Waals surface area contributed by atoms with Crippen molar-refractivity contribution in [3.05, 3.63) is 35.9 Å². The Hall–Kier alpha value is -1.88. The molecule has 26 heavy (non-hydrogen) atoms. The van der Waals surface area contributed by atoms with Gasteiger partial charge < -0.3 is 9.64 Å². The fourth-order valence-electron chi connectivity index (χ4n) is 3.71. The van der Waals surface area contributed by atoms with E-state index in [1.807, 2.05) is 17.9 Å². The lowest BCUT2D eigenvalue weighted by atomic mass is 10.0. The highest BCUT2D eigenvalue weighted by Gasteiger charge is 2.37. The van der Waals surface area contributed by atoms with Gasteiger partial charge in [-0.2, -0.15) is 0 Å². The summed E-state index contributed by atoms with van der Waals surface area (Å²) in [6, 6.07) is 10.8. The van der Waals surface area contributed by atoms with E-state index in [-0.39, 0.29) is 23.8 Å². The SMILES string of the molecule is CCOC(=O)CCN(C(=O)C1CC1)C1CCN(Cc2ccccc2)CC1. The molecule has 0 bridgehead atoms. The Labute approximate surface area is 156 Å². The van der Waals surface area contributed by atoms with Gasteiger partial charge in [0.05, 0.1) is 13.0 Å². The Kier molecular flexibility index (Phi) is 6.67. The van der Waals surface area contributed by atoms with E-state index in [1.165, 1.54) is 5.56 Å². The Morgan fingerprint density at radius 2 is 1.81 bits per heavy atom. The molecule has 5 nitrogen and oxygen atoms in total. The van der Waals surface area contributed by atoms with Crippen molar-refractivity contribution >= 4 is 11.9 Å². The zero-order valence-electron chi connectivity index (χ0n) is 15.7. The number of benzene rings is 1. The molecule has 1 heterocycles. The Bertz CT molecular complexity index is 593. The molecule has 3 rings (SSSR count). The maximum atomic E-state index is 12.7. The molecule has 0 N–H and O–H groups in total. The third-order valence-corrected chi connectivity index (χ3v) is 5.32. The molecule has 0 unspecified atom stereocenters. The number of nitrogens with zero attached hydrogens (tertiary/aromatic N) is 2. The molecule has 1 aromatic carbocycles. The highest BCUT2D eigenvalue weighted by molar-refractivity contribution is 5.82. The zero-order valence-corrected chi connectivity index (χ0v) is 15.7. The molecule has 1 saturated carbocycles. The minimum absolute atomic E-state index is 0.194. The lowest BCUT2D eigenvalue weighted by Crippen LogP contribution is -2.48. The molecule has 2 fully saturated rings. The van der Waals surface area contributed by atoms with Crippen LogP contribution in [0.25, 0.3) is 0 Å². The standard InChI is InChI=1S/C21H30N2O3/c1-2-26-20(24)12-15-23(21(25)18-8-9-18)19-10-13-22(14-11-19)16-17-6-4-3-5-7-17/h3-7,18-19H,2,8-16H2,1H3. The van der Waals surface area contributed by atoms with Crippen LogP contribution in [0.4, 0.5) is 0 Å². The first-order valence-electron chi connectivity index (χ1n) is 9.89. The van der Waals surface area contributed by atoms with Crippen molar-refractivity contribution in [3.63, 3.8) is 0 Å². The number of carbonyl (C=O) groups is 2. The van der Waals surface area contributed by atoms with Gasteiger partial charge in [-0.05, 0) is 38.2 Å². The maximum absolute atomic E-state index is 12.7. The number of ether oxygens (including phenoxy) is 1. The van der Waals surface area contributed by atoms with Crippen LogP contribution in [0.2, 0.25) is 0 Å². The van der Waals surface area contributed by atoms with Gasteiger partial charge in [-0.1, -0.05) is 30.3 Å². The average molecular weight is 358 g/mol. The first kappa shape index (κ1) is 18.9. The maximum Gasteiger partial charge on any atom is 0.307 e. The summed E-state index contributed by atoms with van der Waals surface area (Å²) in [6.07, 6.45) is 4.27. The first-order chi connectivity index (χ1) is 12.7. The second-order valence-electron chi connectivity index (χ2n) is 7.35. The van der Waals surface area contributed by atoms with Gasteiger partial charge in [0.15, 0.2) is 0 Å². The Balaban J connectivity index is 1.52. The van der Waals surface area contributed by atoms with Crippen LogP contribution in [0.15, 0.2) is 30.3 Å². The fraction of sp³-hybridized carbons (Fsp3) is 0.619. The third-order valence-electron chi connectivity index (χ3n) is 5.32. The predicted molar refractivity (Wildman–Crippen MR) is 100 cm³/mol. The van der Waals surface area contributed by atoms with Gasteiger partial charge in [0, 0.05) is 38.1 Å². The van der Waals surface area contributed by atoms with Crippen LogP contribution >= 0.6 is 0 Å². The molecule has 1 aromatic rings. The Morgan fingerprint density at radius 1 is 1.12 bits per heavy atom. The number of esters is 1. The second-order valence-corrected chi connectivity index (χ2v) is 7.35. The van der Waals surface area contributed by atoms with E-state index >= 15 is 0 Å². The minimum atomic E-state index is -0.206. The van der Waals surface area contributed by atoms with E-state index < -0.39 is 0 Å². The molecule has 5 heteroatoms. The van der Waals surface area contributed by atoms with Crippen LogP contribution in [0.1, 0.15) is 44.6 Å². The van der Waals surface area contributed by atoms with Gasteiger partial charge >= 0.3 is 5.97 Å². The highest BCUT2D eigenvalue weighted by atomic mass is 16.5. The van der Waals surface area contributed by atoms with E-state index in [1.54, 1.807) is 0 Å². The van der Waals surface area contributed by atoms with Crippen LogP contribution in [0.5, 0.6) is 0 Å². The van der Waals surface area contributed by atoms with E-state index in [0.29, 0.717) is 19.6 Å². The summed E-state index contributed by atoms with van der Waals surface area (Å²) >= 11 is 0. The fourth-order valence-corrected chi connectivity index (χ4v) is 3.71. The van der Waals surface area contributed by atoms with E-state index in [0.717, 1.165) is 45.3 Å². The molecule has 0 atom stereocenters. The average Bonchev–Trinajstić information content (AvgIpc) is 3.49. The summed E-state index contributed by atoms with van der Waals surface area (Å²) in [5.74, 6) is 0.234. The molecule has 2 aliphatic rings. The first-order valence-corrected chi connectivity index (χ1v) is 9.89. The second kappa shape index (κ2) is 9.17. The van der Waals surface area contributed by atoms with Crippen molar-refractivity contribution in [1.29, 1.82) is 0 Å². The summed E-state index contributed by atoms with van der Waals surface area (Å²) < 4.78 is 5.03. The third kappa shape index (κ3) is 5.31. The van der Waals surface area contributed by atoms with Gasteiger partial charge in [-0.3, -0.25) is 14.5 Å². The van der Waals surface area contributed by atoms with Crippen molar-refractivity contribution in [2.45, 2.75) is 51.6 Å². The Morgan fingerprint density at radius 3 is 2.42 bits per heavy atom. The predicted octanol–water partition coefficient (Wildman–Crippen LogP) is 2.84. The monoisotopic (exact) mass is 358 g/mol. The molecular formula is C21H30N2O3. The largest absolute Gasteiger partial charge is 0.466 e. The van der Waals surface area contributed by atoms with E-state index in [9.17, 15) is 9.59 Å². The van der Waals surface area contributed by atoms with Crippen LogP contribution in [0.3, 0.4) is 0 Å². The summed E-state index contributed by atoms with van der Waals surface area (Å²) in [5, 5.41) is 0. The van der Waals surface area contributed by atoms with Gasteiger partial charge in [-0.15, -0.1) is 0 Å². The minimum Gasteiger partial charge on any atom is -0.466 e. The van der Waals surface area contributed by atoms with E-state index in [4.69, 9.17) is 4.74 Å². The number of amides is 1. The lowest BCUT2D eigenvalue weighted by Gasteiger charge is -2.38. The van der Waals surface area contributed by atoms with Gasteiger partial charge in [0.2, 0.25) is 5.91 Å². The zero-order chi connectivity index (χ0) is 18.4. The molecule has 0 spiro atoms. The highest BCUT2D eigenvalue weighted by Crippen LogP contribution is 2.33. The summed E-state index contributed by atoms with van der Waals surface area (Å²) in [6.45, 7) is 5.66. The van der Waals surface area contributed by atoms with E-state index in [2.05, 4.69) is 29.2 Å². The van der Waals surface area contributed by atoms with Gasteiger partial charge in [0.25, 0.3) is 0 Å². The van der Waals surface area contributed by atoms with Crippen molar-refractivity contribution < 1.29 is 14.3 Å². The van der Waals surface area contributed by atoms with Crippen LogP contribution in [-0.4, -0.2) is 54.0 Å². The molecule has 0 aromatic heterocycles. The topological polar surface area (TPSA) is 49.9 Å². The van der Waals surface area contributed by atoms with Crippen LogP contribution < -0.4 is 0 Å². The summed E-state index contributed by atoms with van der Waals surface area (Å²) in [7, 11) is 0. The van der Waals surface area contributed by atoms with Crippen molar-refractivity contribution in [1.82, 2.24) is 9.80 Å². The number of likely N-dealkylation sites (tertiary alicyclic amines) is 1. The summed E-state index contributed by atoms with van der Waals surface area (Å²) in [4.78, 5) is 28.9. The number of hydrogen-bond donors (Lipinski definition) is 0. The number of piperidine rings is 1. The van der Waals surface area contributed by atoms with Crippen molar-refractivity contribution in [3.8, 4) is 0 Å². The number of rotatable bonds is 8. The molecule has 1 aliphatic heterocycles. The number of carbonyl (C=O) groups excluding carboxylic acids is 2. The van der Waals surface area contributed by atoms with Crippen LogP contribution in [-0.2, 0) is 20.9 Å². The molecule has 1 saturated heterocycles. The molecule has 0 radical (unpaired) electrons. The van der Waals surface area contributed by atoms with Gasteiger partial charge in [-0.25, -0.2) is 0 Å². The normalized spacial score (nSPS) is 18.5. The number of hydrogen-bond acceptors (Lipinski definition) is 4. The quantitative estimate of drug-likeness (QED) is 0.671. The van der Waals surface area contributed by atoms with Crippen molar-refractivity contribution in [2.24, 2.45) is 5.92 Å². The van der Waals surface area contributed by atoms with Crippen LogP contribution in [0, 0.1) is 5.92 Å². The molecule has 1 aliphatic carbocycles. The summed E-state index contributed by atoms with van der Waals surface area (Å²) in [5.41, 5.74) is 1.33. The molecule has 142 valence electrons. The smallest absolute Gasteiger partial charge is 0.307 e.